The SMILES string of the molecule is CCCn1nc(C(=O)OC(C)C(=O)NCC(=O)Nc2ccc(F)c(F)c2F)ccc1=O. The van der Waals surface area contributed by atoms with Crippen LogP contribution in [0.5, 0.6) is 0 Å². The number of carbonyl (C=O) groups excluding carboxylic acids is 3. The molecule has 0 aliphatic carbocycles. The van der Waals surface area contributed by atoms with Crippen molar-refractivity contribution < 1.29 is 32.3 Å². The lowest BCUT2D eigenvalue weighted by molar-refractivity contribution is -0.130. The van der Waals surface area contributed by atoms with Gasteiger partial charge in [0.1, 0.15) is 0 Å². The van der Waals surface area contributed by atoms with E-state index >= 15 is 0 Å². The second-order valence-electron chi connectivity index (χ2n) is 6.32. The van der Waals surface area contributed by atoms with Crippen molar-refractivity contribution in [3.8, 4) is 0 Å². The average molecular weight is 440 g/mol. The molecule has 0 spiro atoms. The fraction of sp³-hybridized carbons (Fsp3) is 0.316. The van der Waals surface area contributed by atoms with Gasteiger partial charge in [-0.05, 0) is 31.5 Å². The monoisotopic (exact) mass is 440 g/mol. The molecule has 0 saturated heterocycles. The van der Waals surface area contributed by atoms with E-state index < -0.39 is 59.1 Å². The van der Waals surface area contributed by atoms with Gasteiger partial charge in [0.15, 0.2) is 29.2 Å². The molecule has 2 aromatic rings. The molecule has 0 bridgehead atoms. The molecular formula is C19H19F3N4O5. The molecule has 2 rings (SSSR count). The maximum atomic E-state index is 13.6. The van der Waals surface area contributed by atoms with Crippen molar-refractivity contribution in [3.63, 3.8) is 0 Å². The first-order valence-electron chi connectivity index (χ1n) is 9.14. The number of hydrogen-bond donors (Lipinski definition) is 2. The van der Waals surface area contributed by atoms with Crippen LogP contribution in [0, 0.1) is 17.5 Å². The molecule has 2 N–H and O–H groups in total. The molecule has 2 amide bonds. The Hall–Kier alpha value is -3.70. The standard InChI is InChI=1S/C19H19F3N4O5/c1-3-8-26-15(28)7-6-13(25-26)19(30)31-10(2)18(29)23-9-14(27)24-12-5-4-11(20)16(21)17(12)22/h4-7,10H,3,8-9H2,1-2H3,(H,23,29)(H,24,27). The summed E-state index contributed by atoms with van der Waals surface area (Å²) in [5, 5.41) is 7.99. The number of ether oxygens (including phenoxy) is 1. The predicted octanol–water partition coefficient (Wildman–Crippen LogP) is 1.37. The van der Waals surface area contributed by atoms with Gasteiger partial charge in [0.05, 0.1) is 12.2 Å². The maximum Gasteiger partial charge on any atom is 0.359 e. The van der Waals surface area contributed by atoms with Gasteiger partial charge in [-0.3, -0.25) is 14.4 Å². The summed E-state index contributed by atoms with van der Waals surface area (Å²) < 4.78 is 45.7. The summed E-state index contributed by atoms with van der Waals surface area (Å²) in [4.78, 5) is 47.6. The number of hydrogen-bond acceptors (Lipinski definition) is 6. The first kappa shape index (κ1) is 23.6. The van der Waals surface area contributed by atoms with Crippen LogP contribution < -0.4 is 16.2 Å². The van der Waals surface area contributed by atoms with E-state index in [1.54, 1.807) is 0 Å². The van der Waals surface area contributed by atoms with Gasteiger partial charge in [-0.25, -0.2) is 22.6 Å². The molecule has 31 heavy (non-hydrogen) atoms. The summed E-state index contributed by atoms with van der Waals surface area (Å²) in [5.74, 6) is -7.48. The highest BCUT2D eigenvalue weighted by molar-refractivity contribution is 5.96. The Morgan fingerprint density at radius 2 is 1.84 bits per heavy atom. The third kappa shape index (κ3) is 6.14. The molecule has 0 radical (unpaired) electrons. The van der Waals surface area contributed by atoms with Crippen LogP contribution in [-0.2, 0) is 20.9 Å². The average Bonchev–Trinajstić information content (AvgIpc) is 2.74. The molecule has 9 nitrogen and oxygen atoms in total. The predicted molar refractivity (Wildman–Crippen MR) is 102 cm³/mol. The Bertz CT molecular complexity index is 1060. The van der Waals surface area contributed by atoms with E-state index in [0.29, 0.717) is 19.0 Å². The van der Waals surface area contributed by atoms with E-state index in [1.165, 1.54) is 6.92 Å². The molecule has 0 fully saturated rings. The highest BCUT2D eigenvalue weighted by Gasteiger charge is 2.21. The van der Waals surface area contributed by atoms with Crippen molar-refractivity contribution in [1.82, 2.24) is 15.1 Å². The smallest absolute Gasteiger partial charge is 0.359 e. The molecule has 1 heterocycles. The van der Waals surface area contributed by atoms with Crippen molar-refractivity contribution >= 4 is 23.5 Å². The summed E-state index contributed by atoms with van der Waals surface area (Å²) in [6.07, 6.45) is -0.713. The summed E-state index contributed by atoms with van der Waals surface area (Å²) >= 11 is 0. The second-order valence-corrected chi connectivity index (χ2v) is 6.32. The number of amides is 2. The van der Waals surface area contributed by atoms with Crippen molar-refractivity contribution in [1.29, 1.82) is 0 Å². The van der Waals surface area contributed by atoms with E-state index in [9.17, 15) is 32.3 Å². The normalized spacial score (nSPS) is 11.5. The fourth-order valence-corrected chi connectivity index (χ4v) is 2.33. The van der Waals surface area contributed by atoms with Gasteiger partial charge in [-0.1, -0.05) is 6.92 Å². The Labute approximate surface area is 174 Å². The molecule has 1 aromatic heterocycles. The third-order valence-corrected chi connectivity index (χ3v) is 3.90. The molecule has 1 unspecified atom stereocenters. The Morgan fingerprint density at radius 3 is 2.52 bits per heavy atom. The number of aryl methyl sites for hydroxylation is 1. The lowest BCUT2D eigenvalue weighted by Crippen LogP contribution is -2.40. The van der Waals surface area contributed by atoms with Gasteiger partial charge in [-0.15, -0.1) is 0 Å². The number of nitrogens with one attached hydrogen (secondary N) is 2. The number of esters is 1. The first-order valence-corrected chi connectivity index (χ1v) is 9.14. The van der Waals surface area contributed by atoms with Gasteiger partial charge < -0.3 is 15.4 Å². The minimum absolute atomic E-state index is 0.181. The van der Waals surface area contributed by atoms with Gasteiger partial charge in [0.25, 0.3) is 11.5 Å². The molecular weight excluding hydrogens is 421 g/mol. The van der Waals surface area contributed by atoms with E-state index in [2.05, 4.69) is 10.4 Å². The molecule has 1 aromatic carbocycles. The summed E-state index contributed by atoms with van der Waals surface area (Å²) in [7, 11) is 0. The van der Waals surface area contributed by atoms with Crippen molar-refractivity contribution in [2.45, 2.75) is 32.9 Å². The maximum absolute atomic E-state index is 13.6. The van der Waals surface area contributed by atoms with Crippen LogP contribution >= 0.6 is 0 Å². The van der Waals surface area contributed by atoms with E-state index in [0.717, 1.165) is 22.9 Å². The number of halogens is 3. The Morgan fingerprint density at radius 1 is 1.13 bits per heavy atom. The van der Waals surface area contributed by atoms with Crippen LogP contribution in [0.25, 0.3) is 0 Å². The molecule has 0 aliphatic heterocycles. The van der Waals surface area contributed by atoms with Crippen molar-refractivity contribution in [2.75, 3.05) is 11.9 Å². The second kappa shape index (κ2) is 10.4. The van der Waals surface area contributed by atoms with Crippen molar-refractivity contribution in [3.05, 3.63) is 57.8 Å². The van der Waals surface area contributed by atoms with Crippen LogP contribution in [0.4, 0.5) is 18.9 Å². The zero-order valence-corrected chi connectivity index (χ0v) is 16.6. The number of rotatable bonds is 8. The zero-order chi connectivity index (χ0) is 23.1. The fourth-order valence-electron chi connectivity index (χ4n) is 2.33. The topological polar surface area (TPSA) is 119 Å². The lowest BCUT2D eigenvalue weighted by Gasteiger charge is -2.14. The summed E-state index contributed by atoms with van der Waals surface area (Å²) in [6.45, 7) is 2.70. The van der Waals surface area contributed by atoms with E-state index in [-0.39, 0.29) is 5.69 Å². The lowest BCUT2D eigenvalue weighted by atomic mass is 10.2. The number of anilines is 1. The largest absolute Gasteiger partial charge is 0.448 e. The number of carbonyl (C=O) groups is 3. The van der Waals surface area contributed by atoms with E-state index in [1.807, 2.05) is 12.2 Å². The van der Waals surface area contributed by atoms with Crippen LogP contribution in [0.1, 0.15) is 30.8 Å². The van der Waals surface area contributed by atoms with Crippen molar-refractivity contribution in [2.24, 2.45) is 0 Å². The molecule has 0 saturated carbocycles. The quantitative estimate of drug-likeness (QED) is 0.473. The summed E-state index contributed by atoms with van der Waals surface area (Å²) in [6, 6.07) is 3.76. The van der Waals surface area contributed by atoms with Gasteiger partial charge in [0, 0.05) is 12.6 Å². The minimum Gasteiger partial charge on any atom is -0.448 e. The van der Waals surface area contributed by atoms with Gasteiger partial charge >= 0.3 is 5.97 Å². The molecule has 0 aliphatic rings. The van der Waals surface area contributed by atoms with Crippen LogP contribution in [0.15, 0.2) is 29.1 Å². The number of benzene rings is 1. The Balaban J connectivity index is 1.90. The third-order valence-electron chi connectivity index (χ3n) is 3.90. The van der Waals surface area contributed by atoms with Gasteiger partial charge in [-0.2, -0.15) is 5.10 Å². The molecule has 166 valence electrons. The van der Waals surface area contributed by atoms with Gasteiger partial charge in [0.2, 0.25) is 5.91 Å². The number of aromatic nitrogens is 2. The highest BCUT2D eigenvalue weighted by Crippen LogP contribution is 2.19. The van der Waals surface area contributed by atoms with Crippen LogP contribution in [0.3, 0.4) is 0 Å². The first-order chi connectivity index (χ1) is 14.6. The number of nitrogens with zero attached hydrogens (tertiary/aromatic N) is 2. The minimum atomic E-state index is -1.75. The highest BCUT2D eigenvalue weighted by atomic mass is 19.2. The zero-order valence-electron chi connectivity index (χ0n) is 16.6. The summed E-state index contributed by atoms with van der Waals surface area (Å²) in [5.41, 5.74) is -1.18. The molecule has 12 heteroatoms. The van der Waals surface area contributed by atoms with Crippen LogP contribution in [0.2, 0.25) is 0 Å². The van der Waals surface area contributed by atoms with E-state index in [4.69, 9.17) is 4.74 Å². The molecule has 1 atom stereocenters. The Kier molecular flexibility index (Phi) is 7.88. The van der Waals surface area contributed by atoms with Crippen LogP contribution in [-0.4, -0.2) is 40.2 Å².